The van der Waals surface area contributed by atoms with Crippen molar-refractivity contribution in [1.82, 2.24) is 4.90 Å². The second-order valence-electron chi connectivity index (χ2n) is 6.93. The predicted molar refractivity (Wildman–Crippen MR) is 133 cm³/mol. The molecule has 0 unspecified atom stereocenters. The van der Waals surface area contributed by atoms with Crippen LogP contribution in [0.3, 0.4) is 0 Å². The molecule has 0 saturated carbocycles. The molecule has 0 saturated heterocycles. The number of thiocarbonyl (C=S) groups is 1. The fourth-order valence-electron chi connectivity index (χ4n) is 3.02. The number of ether oxygens (including phenoxy) is 1. The van der Waals surface area contributed by atoms with Crippen molar-refractivity contribution in [1.29, 1.82) is 0 Å². The zero-order chi connectivity index (χ0) is 24.0. The Bertz CT molecular complexity index is 1010. The van der Waals surface area contributed by atoms with Crippen molar-refractivity contribution in [2.45, 2.75) is 27.7 Å². The van der Waals surface area contributed by atoms with Crippen molar-refractivity contribution in [2.24, 2.45) is 0 Å². The maximum absolute atomic E-state index is 12.9. The average Bonchev–Trinajstić information content (AvgIpc) is 3.09. The molecule has 32 heavy (non-hydrogen) atoms. The quantitative estimate of drug-likeness (QED) is 0.459. The van der Waals surface area contributed by atoms with E-state index in [-0.39, 0.29) is 22.5 Å². The van der Waals surface area contributed by atoms with E-state index in [4.69, 9.17) is 17.0 Å². The molecule has 0 aliphatic carbocycles. The maximum Gasteiger partial charge on any atom is 0.341 e. The van der Waals surface area contributed by atoms with Gasteiger partial charge in [0.2, 0.25) is 5.91 Å². The van der Waals surface area contributed by atoms with Crippen LogP contribution in [0.15, 0.2) is 24.3 Å². The number of carbonyl (C=O) groups excluding carboxylic acids is 3. The summed E-state index contributed by atoms with van der Waals surface area (Å²) in [4.78, 5) is 40.5. The van der Waals surface area contributed by atoms with Gasteiger partial charge in [0.25, 0.3) is 5.91 Å². The lowest BCUT2D eigenvalue weighted by atomic mass is 10.1. The molecular weight excluding hydrogens is 448 g/mol. The first kappa shape index (κ1) is 25.3. The van der Waals surface area contributed by atoms with Crippen LogP contribution in [0.5, 0.6) is 0 Å². The Hall–Kier alpha value is -2.98. The van der Waals surface area contributed by atoms with Gasteiger partial charge in [-0.15, -0.1) is 11.3 Å². The van der Waals surface area contributed by atoms with E-state index >= 15 is 0 Å². The molecule has 172 valence electrons. The number of nitrogens with one attached hydrogen (secondary N) is 2. The predicted octanol–water partition coefficient (Wildman–Crippen LogP) is 4.12. The molecule has 0 atom stereocenters. The highest BCUT2D eigenvalue weighted by Gasteiger charge is 2.27. The standard InChI is InChI=1S/C22H28N4O4S2/c1-7-26(8-2)20(28)18-13(3)17(21(29)30-6)19(32-18)24-22(31)23-15-9-11-16(12-10-15)25(5)14(4)27/h9-12H,7-8H2,1-6H3,(H2,23,24,31). The van der Waals surface area contributed by atoms with Crippen LogP contribution in [0.4, 0.5) is 16.4 Å². The minimum atomic E-state index is -0.542. The van der Waals surface area contributed by atoms with Crippen LogP contribution in [0.25, 0.3) is 0 Å². The fraction of sp³-hybridized carbons (Fsp3) is 0.364. The summed E-state index contributed by atoms with van der Waals surface area (Å²) in [6, 6.07) is 7.17. The molecule has 0 fully saturated rings. The van der Waals surface area contributed by atoms with Gasteiger partial charge in [-0.1, -0.05) is 0 Å². The van der Waals surface area contributed by atoms with Crippen LogP contribution in [0.2, 0.25) is 0 Å². The van der Waals surface area contributed by atoms with Crippen LogP contribution < -0.4 is 15.5 Å². The van der Waals surface area contributed by atoms with Gasteiger partial charge in [-0.05, 0) is 62.8 Å². The molecule has 10 heteroatoms. The number of hydrogen-bond acceptors (Lipinski definition) is 6. The number of benzene rings is 1. The second-order valence-corrected chi connectivity index (χ2v) is 8.36. The van der Waals surface area contributed by atoms with Crippen molar-refractivity contribution in [3.05, 3.63) is 40.3 Å². The molecule has 0 aliphatic rings. The smallest absolute Gasteiger partial charge is 0.341 e. The van der Waals surface area contributed by atoms with Gasteiger partial charge in [0, 0.05) is 38.4 Å². The largest absolute Gasteiger partial charge is 0.465 e. The third-order valence-electron chi connectivity index (χ3n) is 4.99. The van der Waals surface area contributed by atoms with Crippen LogP contribution in [-0.4, -0.2) is 55.0 Å². The Kier molecular flexibility index (Phi) is 8.73. The first-order valence-corrected chi connectivity index (χ1v) is 11.3. The Labute approximate surface area is 197 Å². The molecule has 8 nitrogen and oxygen atoms in total. The highest BCUT2D eigenvalue weighted by Crippen LogP contribution is 2.34. The Balaban J connectivity index is 2.26. The number of anilines is 3. The summed E-state index contributed by atoms with van der Waals surface area (Å²) < 4.78 is 4.93. The fourth-order valence-corrected chi connectivity index (χ4v) is 4.48. The van der Waals surface area contributed by atoms with Crippen LogP contribution in [-0.2, 0) is 9.53 Å². The third-order valence-corrected chi connectivity index (χ3v) is 6.39. The van der Waals surface area contributed by atoms with Crippen molar-refractivity contribution in [2.75, 3.05) is 42.8 Å². The minimum Gasteiger partial charge on any atom is -0.465 e. The van der Waals surface area contributed by atoms with E-state index < -0.39 is 5.97 Å². The summed E-state index contributed by atoms with van der Waals surface area (Å²) in [5, 5.41) is 6.77. The number of carbonyl (C=O) groups is 3. The van der Waals surface area contributed by atoms with Gasteiger partial charge < -0.3 is 25.2 Å². The summed E-state index contributed by atoms with van der Waals surface area (Å²) in [7, 11) is 2.99. The minimum absolute atomic E-state index is 0.0682. The van der Waals surface area contributed by atoms with Crippen molar-refractivity contribution >= 4 is 62.8 Å². The first-order chi connectivity index (χ1) is 15.1. The number of nitrogens with zero attached hydrogens (tertiary/aromatic N) is 2. The number of hydrogen-bond donors (Lipinski definition) is 2. The normalized spacial score (nSPS) is 10.3. The van der Waals surface area contributed by atoms with Crippen molar-refractivity contribution in [3.8, 4) is 0 Å². The molecule has 1 aromatic heterocycles. The van der Waals surface area contributed by atoms with E-state index in [0.29, 0.717) is 34.2 Å². The summed E-state index contributed by atoms with van der Waals surface area (Å²) in [6.45, 7) is 8.17. The Morgan fingerprint density at radius 2 is 1.69 bits per heavy atom. The second kappa shape index (κ2) is 11.1. The zero-order valence-corrected chi connectivity index (χ0v) is 20.7. The molecule has 0 aliphatic heterocycles. The Morgan fingerprint density at radius 3 is 2.19 bits per heavy atom. The number of methoxy groups -OCH3 is 1. The summed E-state index contributed by atoms with van der Waals surface area (Å²) in [5.41, 5.74) is 2.30. The number of esters is 1. The van der Waals surface area contributed by atoms with E-state index in [1.165, 1.54) is 30.3 Å². The van der Waals surface area contributed by atoms with Gasteiger partial charge in [0.1, 0.15) is 5.00 Å². The van der Waals surface area contributed by atoms with E-state index in [9.17, 15) is 14.4 Å². The molecule has 0 bridgehead atoms. The molecule has 2 rings (SSSR count). The summed E-state index contributed by atoms with van der Waals surface area (Å²) in [5.74, 6) is -0.750. The molecule has 2 N–H and O–H groups in total. The first-order valence-electron chi connectivity index (χ1n) is 10.1. The third kappa shape index (κ3) is 5.63. The van der Waals surface area contributed by atoms with E-state index in [1.807, 2.05) is 13.8 Å². The highest BCUT2D eigenvalue weighted by molar-refractivity contribution is 7.80. The summed E-state index contributed by atoms with van der Waals surface area (Å²) >= 11 is 6.58. The van der Waals surface area contributed by atoms with E-state index in [1.54, 1.807) is 43.1 Å². The van der Waals surface area contributed by atoms with Gasteiger partial charge in [-0.3, -0.25) is 9.59 Å². The number of rotatable bonds is 7. The number of amides is 2. The zero-order valence-electron chi connectivity index (χ0n) is 19.1. The van der Waals surface area contributed by atoms with Gasteiger partial charge in [-0.2, -0.15) is 0 Å². The molecule has 0 spiro atoms. The van der Waals surface area contributed by atoms with Crippen LogP contribution in [0, 0.1) is 6.92 Å². The van der Waals surface area contributed by atoms with Gasteiger partial charge in [-0.25, -0.2) is 4.79 Å². The molecule has 2 amide bonds. The van der Waals surface area contributed by atoms with E-state index in [0.717, 1.165) is 5.69 Å². The highest BCUT2D eigenvalue weighted by atomic mass is 32.1. The van der Waals surface area contributed by atoms with Crippen molar-refractivity contribution < 1.29 is 19.1 Å². The summed E-state index contributed by atoms with van der Waals surface area (Å²) in [6.07, 6.45) is 0. The molecule has 0 radical (unpaired) electrons. The van der Waals surface area contributed by atoms with Gasteiger partial charge in [0.15, 0.2) is 5.11 Å². The lowest BCUT2D eigenvalue weighted by molar-refractivity contribution is -0.116. The van der Waals surface area contributed by atoms with Gasteiger partial charge in [0.05, 0.1) is 17.6 Å². The average molecular weight is 477 g/mol. The lowest BCUT2D eigenvalue weighted by Gasteiger charge is -2.18. The topological polar surface area (TPSA) is 91.0 Å². The molecular formula is C22H28N4O4S2. The Morgan fingerprint density at radius 1 is 1.09 bits per heavy atom. The SMILES string of the molecule is CCN(CC)C(=O)c1sc(NC(=S)Nc2ccc(N(C)C(C)=O)cc2)c(C(=O)OC)c1C. The van der Waals surface area contributed by atoms with Crippen LogP contribution in [0.1, 0.15) is 46.4 Å². The molecule has 1 heterocycles. The molecule has 2 aromatic rings. The number of thiophene rings is 1. The van der Waals surface area contributed by atoms with Gasteiger partial charge >= 0.3 is 5.97 Å². The maximum atomic E-state index is 12.9. The monoisotopic (exact) mass is 476 g/mol. The molecule has 1 aromatic carbocycles. The van der Waals surface area contributed by atoms with Crippen molar-refractivity contribution in [3.63, 3.8) is 0 Å². The van der Waals surface area contributed by atoms with Crippen LogP contribution >= 0.6 is 23.6 Å². The van der Waals surface area contributed by atoms with E-state index in [2.05, 4.69) is 10.6 Å². The lowest BCUT2D eigenvalue weighted by Crippen LogP contribution is -2.30.